The molecule has 0 unspecified atom stereocenters. The highest BCUT2D eigenvalue weighted by molar-refractivity contribution is 7.89. The minimum atomic E-state index is -4.69. The molecule has 3 heterocycles. The fourth-order valence-electron chi connectivity index (χ4n) is 4.49. The molecule has 1 saturated heterocycles. The molecular formula is C25H22F5N5O3S. The van der Waals surface area contributed by atoms with Gasteiger partial charge in [-0.05, 0) is 60.2 Å². The molecule has 39 heavy (non-hydrogen) atoms. The lowest BCUT2D eigenvalue weighted by Crippen LogP contribution is -2.45. The predicted molar refractivity (Wildman–Crippen MR) is 128 cm³/mol. The summed E-state index contributed by atoms with van der Waals surface area (Å²) in [5.74, 6) is -2.42. The molecule has 0 bridgehead atoms. The van der Waals surface area contributed by atoms with Crippen molar-refractivity contribution in [3.05, 3.63) is 71.7 Å². The SMILES string of the molecule is O=C(NCc1cc(-c2cnc(C(F)(F)F)nc2)ncc1C1CC1)[C@@H]1C[C@@H](F)CN1S(=O)(=O)c1ccc(F)cc1. The molecule has 3 aromatic rings. The second-order valence-corrected chi connectivity index (χ2v) is 11.3. The molecular weight excluding hydrogens is 545 g/mol. The van der Waals surface area contributed by atoms with E-state index in [-0.39, 0.29) is 29.3 Å². The van der Waals surface area contributed by atoms with Gasteiger partial charge >= 0.3 is 6.18 Å². The summed E-state index contributed by atoms with van der Waals surface area (Å²) in [5.41, 5.74) is 2.02. The monoisotopic (exact) mass is 567 g/mol. The number of pyridine rings is 1. The van der Waals surface area contributed by atoms with Gasteiger partial charge in [-0.25, -0.2) is 27.2 Å². The van der Waals surface area contributed by atoms with Crippen molar-refractivity contribution in [1.29, 1.82) is 0 Å². The number of sulfonamides is 1. The number of carbonyl (C=O) groups is 1. The van der Waals surface area contributed by atoms with Crippen LogP contribution in [0.1, 0.15) is 42.1 Å². The van der Waals surface area contributed by atoms with Crippen molar-refractivity contribution < 1.29 is 35.2 Å². The molecule has 1 aromatic carbocycles. The molecule has 2 fully saturated rings. The van der Waals surface area contributed by atoms with E-state index >= 15 is 0 Å². The van der Waals surface area contributed by atoms with Crippen LogP contribution in [0.2, 0.25) is 0 Å². The van der Waals surface area contributed by atoms with Crippen LogP contribution in [0.3, 0.4) is 0 Å². The maximum atomic E-state index is 14.3. The quantitative estimate of drug-likeness (QED) is 0.433. The van der Waals surface area contributed by atoms with Crippen molar-refractivity contribution in [1.82, 2.24) is 24.6 Å². The van der Waals surface area contributed by atoms with Crippen LogP contribution >= 0.6 is 0 Å². The van der Waals surface area contributed by atoms with Gasteiger partial charge in [-0.3, -0.25) is 9.78 Å². The number of alkyl halides is 4. The molecule has 14 heteroatoms. The molecule has 0 spiro atoms. The first-order chi connectivity index (χ1) is 18.4. The molecule has 1 amide bonds. The summed E-state index contributed by atoms with van der Waals surface area (Å²) >= 11 is 0. The van der Waals surface area contributed by atoms with E-state index < -0.39 is 52.5 Å². The predicted octanol–water partition coefficient (Wildman–Crippen LogP) is 3.99. The van der Waals surface area contributed by atoms with E-state index in [0.717, 1.165) is 59.4 Å². The van der Waals surface area contributed by atoms with Crippen molar-refractivity contribution >= 4 is 15.9 Å². The van der Waals surface area contributed by atoms with Crippen molar-refractivity contribution in [2.24, 2.45) is 0 Å². The molecule has 5 rings (SSSR count). The van der Waals surface area contributed by atoms with Gasteiger partial charge in [-0.2, -0.15) is 17.5 Å². The summed E-state index contributed by atoms with van der Waals surface area (Å²) in [4.78, 5) is 23.9. The maximum absolute atomic E-state index is 14.3. The Hall–Kier alpha value is -3.52. The van der Waals surface area contributed by atoms with Crippen LogP contribution in [0.25, 0.3) is 11.3 Å². The summed E-state index contributed by atoms with van der Waals surface area (Å²) < 4.78 is 93.0. The Labute approximate surface area is 220 Å². The highest BCUT2D eigenvalue weighted by atomic mass is 32.2. The average Bonchev–Trinajstić information content (AvgIpc) is 3.67. The van der Waals surface area contributed by atoms with Gasteiger partial charge < -0.3 is 5.32 Å². The van der Waals surface area contributed by atoms with E-state index in [2.05, 4.69) is 20.3 Å². The Morgan fingerprint density at radius 3 is 2.33 bits per heavy atom. The van der Waals surface area contributed by atoms with Gasteiger partial charge in [0, 0.05) is 43.7 Å². The first-order valence-corrected chi connectivity index (χ1v) is 13.4. The zero-order chi connectivity index (χ0) is 27.9. The Kier molecular flexibility index (Phi) is 7.10. The third-order valence-corrected chi connectivity index (χ3v) is 8.51. The zero-order valence-corrected chi connectivity index (χ0v) is 21.0. The summed E-state index contributed by atoms with van der Waals surface area (Å²) in [7, 11) is -4.27. The third kappa shape index (κ3) is 5.76. The van der Waals surface area contributed by atoms with Crippen LogP contribution in [0, 0.1) is 5.82 Å². The first-order valence-electron chi connectivity index (χ1n) is 12.0. The number of hydrogen-bond acceptors (Lipinski definition) is 6. The van der Waals surface area contributed by atoms with Crippen LogP contribution < -0.4 is 5.32 Å². The highest BCUT2D eigenvalue weighted by Crippen LogP contribution is 2.42. The van der Waals surface area contributed by atoms with E-state index in [1.54, 1.807) is 12.3 Å². The van der Waals surface area contributed by atoms with E-state index in [1.807, 2.05) is 0 Å². The van der Waals surface area contributed by atoms with Gasteiger partial charge in [-0.1, -0.05) is 0 Å². The minimum Gasteiger partial charge on any atom is -0.351 e. The summed E-state index contributed by atoms with van der Waals surface area (Å²) in [6, 6.07) is 4.33. The van der Waals surface area contributed by atoms with E-state index in [1.165, 1.54) is 0 Å². The molecule has 1 aliphatic carbocycles. The lowest BCUT2D eigenvalue weighted by atomic mass is 10.0. The molecule has 2 aromatic heterocycles. The lowest BCUT2D eigenvalue weighted by Gasteiger charge is -2.23. The maximum Gasteiger partial charge on any atom is 0.451 e. The summed E-state index contributed by atoms with van der Waals surface area (Å²) in [6.07, 6.45) is -1.18. The number of hydrogen-bond donors (Lipinski definition) is 1. The second kappa shape index (κ2) is 10.2. The van der Waals surface area contributed by atoms with Gasteiger partial charge in [0.25, 0.3) is 0 Å². The van der Waals surface area contributed by atoms with Crippen LogP contribution in [-0.4, -0.2) is 52.3 Å². The number of carbonyl (C=O) groups excluding carboxylic acids is 1. The van der Waals surface area contributed by atoms with Crippen molar-refractivity contribution in [2.45, 2.75) is 55.0 Å². The molecule has 0 radical (unpaired) electrons. The summed E-state index contributed by atoms with van der Waals surface area (Å²) in [5, 5.41) is 2.68. The molecule has 206 valence electrons. The largest absolute Gasteiger partial charge is 0.451 e. The molecule has 1 aliphatic heterocycles. The Bertz CT molecular complexity index is 1480. The van der Waals surface area contributed by atoms with Crippen molar-refractivity contribution in [2.75, 3.05) is 6.54 Å². The minimum absolute atomic E-state index is 0.0421. The fourth-order valence-corrected chi connectivity index (χ4v) is 6.12. The molecule has 1 saturated carbocycles. The molecule has 1 N–H and O–H groups in total. The number of halogens is 5. The zero-order valence-electron chi connectivity index (χ0n) is 20.2. The van der Waals surface area contributed by atoms with Gasteiger partial charge in [0.1, 0.15) is 18.0 Å². The molecule has 2 atom stereocenters. The number of benzene rings is 1. The normalized spacial score (nSPS) is 20.2. The second-order valence-electron chi connectivity index (χ2n) is 9.43. The third-order valence-electron chi connectivity index (χ3n) is 6.62. The smallest absolute Gasteiger partial charge is 0.351 e. The average molecular weight is 568 g/mol. The molecule has 2 aliphatic rings. The van der Waals surface area contributed by atoms with Crippen LogP contribution in [-0.2, 0) is 27.5 Å². The summed E-state index contributed by atoms with van der Waals surface area (Å²) in [6.45, 7) is -0.558. The number of nitrogens with zero attached hydrogens (tertiary/aromatic N) is 4. The lowest BCUT2D eigenvalue weighted by molar-refractivity contribution is -0.145. The Balaban J connectivity index is 1.35. The number of amides is 1. The molecule has 8 nitrogen and oxygen atoms in total. The van der Waals surface area contributed by atoms with E-state index in [0.29, 0.717) is 11.3 Å². The fraction of sp³-hybridized carbons (Fsp3) is 0.360. The van der Waals surface area contributed by atoms with Crippen LogP contribution in [0.5, 0.6) is 0 Å². The number of rotatable bonds is 7. The topological polar surface area (TPSA) is 105 Å². The first kappa shape index (κ1) is 27.1. The van der Waals surface area contributed by atoms with E-state index in [4.69, 9.17) is 0 Å². The van der Waals surface area contributed by atoms with Gasteiger partial charge in [0.15, 0.2) is 0 Å². The standard InChI is InChI=1S/C25H22F5N5O3S/c26-17-3-5-19(6-4-17)39(37,38)35-13-18(27)8-22(35)23(36)32-9-15-7-21(31-12-20(15)14-1-2-14)16-10-33-24(34-11-16)25(28,29)30/h3-7,10-12,14,18,22H,1-2,8-9,13H2,(H,32,36)/t18-,22+/m1/s1. The van der Waals surface area contributed by atoms with Gasteiger partial charge in [-0.15, -0.1) is 0 Å². The van der Waals surface area contributed by atoms with Gasteiger partial charge in [0.2, 0.25) is 21.8 Å². The Morgan fingerprint density at radius 1 is 1.05 bits per heavy atom. The van der Waals surface area contributed by atoms with Gasteiger partial charge in [0.05, 0.1) is 10.6 Å². The van der Waals surface area contributed by atoms with E-state index in [9.17, 15) is 35.2 Å². The van der Waals surface area contributed by atoms with Crippen molar-refractivity contribution in [3.63, 3.8) is 0 Å². The van der Waals surface area contributed by atoms with Crippen molar-refractivity contribution in [3.8, 4) is 11.3 Å². The number of aromatic nitrogens is 3. The Morgan fingerprint density at radius 2 is 1.72 bits per heavy atom. The number of nitrogens with one attached hydrogen (secondary N) is 1. The van der Waals surface area contributed by atoms with Crippen LogP contribution in [0.15, 0.2) is 53.8 Å². The van der Waals surface area contributed by atoms with Crippen LogP contribution in [0.4, 0.5) is 22.0 Å². The highest BCUT2D eigenvalue weighted by Gasteiger charge is 2.44.